The minimum atomic E-state index is 0.772. The standard InChI is InChI=1S/C12H19N3O/c1-9-13-12(8-16-9)7-15-5-10-3-14(2)4-11(10)6-15/h8,10-11H,3-7H2,1-2H3. The van der Waals surface area contributed by atoms with Gasteiger partial charge < -0.3 is 9.32 Å². The summed E-state index contributed by atoms with van der Waals surface area (Å²) < 4.78 is 5.24. The lowest BCUT2D eigenvalue weighted by molar-refractivity contribution is 0.269. The molecule has 4 nitrogen and oxygen atoms in total. The van der Waals surface area contributed by atoms with Crippen molar-refractivity contribution < 1.29 is 4.42 Å². The normalized spacial score (nSPS) is 31.1. The molecular formula is C12H19N3O. The molecule has 1 aromatic heterocycles. The van der Waals surface area contributed by atoms with Crippen LogP contribution in [0, 0.1) is 18.8 Å². The van der Waals surface area contributed by atoms with Crippen molar-refractivity contribution >= 4 is 0 Å². The molecule has 16 heavy (non-hydrogen) atoms. The number of fused-ring (bicyclic) bond motifs is 1. The van der Waals surface area contributed by atoms with Gasteiger partial charge in [0.05, 0.1) is 5.69 Å². The summed E-state index contributed by atoms with van der Waals surface area (Å²) in [6.45, 7) is 7.82. The monoisotopic (exact) mass is 221 g/mol. The highest BCUT2D eigenvalue weighted by molar-refractivity contribution is 4.99. The minimum absolute atomic E-state index is 0.772. The van der Waals surface area contributed by atoms with Gasteiger partial charge in [-0.25, -0.2) is 4.98 Å². The van der Waals surface area contributed by atoms with E-state index >= 15 is 0 Å². The van der Waals surface area contributed by atoms with Gasteiger partial charge in [0.1, 0.15) is 6.26 Å². The Morgan fingerprint density at radius 2 is 2.00 bits per heavy atom. The summed E-state index contributed by atoms with van der Waals surface area (Å²) in [4.78, 5) is 9.33. The maximum Gasteiger partial charge on any atom is 0.191 e. The third-order valence-electron chi connectivity index (χ3n) is 3.80. The summed E-state index contributed by atoms with van der Waals surface area (Å²) in [5.74, 6) is 2.52. The van der Waals surface area contributed by atoms with E-state index in [9.17, 15) is 0 Å². The Hall–Kier alpha value is -0.870. The molecule has 0 radical (unpaired) electrons. The van der Waals surface area contributed by atoms with Gasteiger partial charge in [0, 0.05) is 39.6 Å². The molecule has 0 spiro atoms. The van der Waals surface area contributed by atoms with Crippen molar-refractivity contribution in [2.75, 3.05) is 33.2 Å². The quantitative estimate of drug-likeness (QED) is 0.745. The van der Waals surface area contributed by atoms with Crippen molar-refractivity contribution in [2.45, 2.75) is 13.5 Å². The van der Waals surface area contributed by atoms with Gasteiger partial charge in [-0.1, -0.05) is 0 Å². The minimum Gasteiger partial charge on any atom is -0.449 e. The molecule has 3 rings (SSSR count). The number of aromatic nitrogens is 1. The van der Waals surface area contributed by atoms with Crippen LogP contribution >= 0.6 is 0 Å². The Morgan fingerprint density at radius 3 is 2.56 bits per heavy atom. The van der Waals surface area contributed by atoms with E-state index in [2.05, 4.69) is 21.8 Å². The fraction of sp³-hybridized carbons (Fsp3) is 0.750. The van der Waals surface area contributed by atoms with Gasteiger partial charge >= 0.3 is 0 Å². The Bertz CT molecular complexity index is 362. The summed E-state index contributed by atoms with van der Waals surface area (Å²) in [5.41, 5.74) is 1.07. The number of hydrogen-bond acceptors (Lipinski definition) is 4. The lowest BCUT2D eigenvalue weighted by Crippen LogP contribution is -2.26. The number of hydrogen-bond donors (Lipinski definition) is 0. The van der Waals surface area contributed by atoms with Crippen LogP contribution in [0.25, 0.3) is 0 Å². The van der Waals surface area contributed by atoms with Crippen LogP contribution < -0.4 is 0 Å². The van der Waals surface area contributed by atoms with Gasteiger partial charge in [0.15, 0.2) is 5.89 Å². The van der Waals surface area contributed by atoms with Crippen molar-refractivity contribution in [3.8, 4) is 0 Å². The van der Waals surface area contributed by atoms with Crippen molar-refractivity contribution in [2.24, 2.45) is 11.8 Å². The molecule has 0 bridgehead atoms. The van der Waals surface area contributed by atoms with Gasteiger partial charge in [-0.3, -0.25) is 4.90 Å². The largest absolute Gasteiger partial charge is 0.449 e. The van der Waals surface area contributed by atoms with Crippen molar-refractivity contribution in [1.29, 1.82) is 0 Å². The summed E-state index contributed by atoms with van der Waals surface area (Å²) in [6.07, 6.45) is 1.79. The van der Waals surface area contributed by atoms with E-state index in [1.807, 2.05) is 6.92 Å². The number of aryl methyl sites for hydroxylation is 1. The summed E-state index contributed by atoms with van der Waals surface area (Å²) in [6, 6.07) is 0. The van der Waals surface area contributed by atoms with Crippen LogP contribution in [0.1, 0.15) is 11.6 Å². The molecule has 0 aliphatic carbocycles. The Balaban J connectivity index is 1.59. The molecule has 2 atom stereocenters. The molecule has 0 aromatic carbocycles. The number of likely N-dealkylation sites (tertiary alicyclic amines) is 2. The second-order valence-electron chi connectivity index (χ2n) is 5.29. The zero-order valence-corrected chi connectivity index (χ0v) is 10.0. The molecule has 3 heterocycles. The van der Waals surface area contributed by atoms with Gasteiger partial charge in [0.25, 0.3) is 0 Å². The Morgan fingerprint density at radius 1 is 1.31 bits per heavy atom. The smallest absolute Gasteiger partial charge is 0.191 e. The number of rotatable bonds is 2. The lowest BCUT2D eigenvalue weighted by atomic mass is 10.0. The highest BCUT2D eigenvalue weighted by Gasteiger charge is 2.38. The van der Waals surface area contributed by atoms with Gasteiger partial charge in [-0.15, -0.1) is 0 Å². The zero-order valence-electron chi connectivity index (χ0n) is 10.0. The van der Waals surface area contributed by atoms with E-state index in [0.29, 0.717) is 0 Å². The first kappa shape index (κ1) is 10.3. The maximum atomic E-state index is 5.24. The molecule has 4 heteroatoms. The summed E-state index contributed by atoms with van der Waals surface area (Å²) >= 11 is 0. The van der Waals surface area contributed by atoms with E-state index < -0.39 is 0 Å². The molecule has 2 saturated heterocycles. The molecule has 0 N–H and O–H groups in total. The van der Waals surface area contributed by atoms with Crippen molar-refractivity contribution in [1.82, 2.24) is 14.8 Å². The first-order valence-corrected chi connectivity index (χ1v) is 6.02. The molecule has 88 valence electrons. The van der Waals surface area contributed by atoms with Crippen LogP contribution in [0.4, 0.5) is 0 Å². The van der Waals surface area contributed by atoms with Crippen molar-refractivity contribution in [3.05, 3.63) is 17.8 Å². The van der Waals surface area contributed by atoms with Crippen LogP contribution in [0.2, 0.25) is 0 Å². The van der Waals surface area contributed by atoms with Crippen molar-refractivity contribution in [3.63, 3.8) is 0 Å². The second kappa shape index (κ2) is 3.86. The fourth-order valence-electron chi connectivity index (χ4n) is 3.16. The van der Waals surface area contributed by atoms with Crippen LogP contribution in [-0.4, -0.2) is 48.0 Å². The second-order valence-corrected chi connectivity index (χ2v) is 5.29. The van der Waals surface area contributed by atoms with E-state index in [1.54, 1.807) is 6.26 Å². The number of nitrogens with zero attached hydrogens (tertiary/aromatic N) is 3. The molecular weight excluding hydrogens is 202 g/mol. The first-order valence-electron chi connectivity index (χ1n) is 6.02. The fourth-order valence-corrected chi connectivity index (χ4v) is 3.16. The molecule has 2 aliphatic rings. The Kier molecular flexibility index (Phi) is 2.48. The van der Waals surface area contributed by atoms with E-state index in [0.717, 1.165) is 30.0 Å². The van der Waals surface area contributed by atoms with Gasteiger partial charge in [0.2, 0.25) is 0 Å². The van der Waals surface area contributed by atoms with Gasteiger partial charge in [-0.2, -0.15) is 0 Å². The summed E-state index contributed by atoms with van der Waals surface area (Å²) in [7, 11) is 2.23. The highest BCUT2D eigenvalue weighted by Crippen LogP contribution is 2.30. The molecule has 2 fully saturated rings. The topological polar surface area (TPSA) is 32.5 Å². The number of oxazole rings is 1. The molecule has 1 aromatic rings. The predicted octanol–water partition coefficient (Wildman–Crippen LogP) is 0.976. The predicted molar refractivity (Wildman–Crippen MR) is 61.0 cm³/mol. The van der Waals surface area contributed by atoms with E-state index in [4.69, 9.17) is 4.42 Å². The molecule has 2 aliphatic heterocycles. The first-order chi connectivity index (χ1) is 7.70. The molecule has 0 saturated carbocycles. The highest BCUT2D eigenvalue weighted by atomic mass is 16.3. The molecule has 2 unspecified atom stereocenters. The SMILES string of the molecule is Cc1nc(CN2CC3CN(C)CC3C2)co1. The zero-order chi connectivity index (χ0) is 11.1. The third-order valence-corrected chi connectivity index (χ3v) is 3.80. The summed E-state index contributed by atoms with van der Waals surface area (Å²) in [5, 5.41) is 0. The lowest BCUT2D eigenvalue weighted by Gasteiger charge is -2.17. The van der Waals surface area contributed by atoms with Crippen LogP contribution in [0.15, 0.2) is 10.7 Å². The third kappa shape index (κ3) is 1.87. The average molecular weight is 221 g/mol. The average Bonchev–Trinajstić information content (AvgIpc) is 2.81. The molecule has 0 amide bonds. The van der Waals surface area contributed by atoms with E-state index in [1.165, 1.54) is 26.2 Å². The Labute approximate surface area is 96.2 Å². The van der Waals surface area contributed by atoms with Gasteiger partial charge in [-0.05, 0) is 18.9 Å². The maximum absolute atomic E-state index is 5.24. The van der Waals surface area contributed by atoms with Crippen LogP contribution in [0.3, 0.4) is 0 Å². The van der Waals surface area contributed by atoms with Crippen LogP contribution in [0.5, 0.6) is 0 Å². The van der Waals surface area contributed by atoms with E-state index in [-0.39, 0.29) is 0 Å². The van der Waals surface area contributed by atoms with Crippen LogP contribution in [-0.2, 0) is 6.54 Å².